The van der Waals surface area contributed by atoms with Crippen molar-refractivity contribution in [2.45, 2.75) is 18.4 Å². The highest BCUT2D eigenvalue weighted by Crippen LogP contribution is 2.13. The van der Waals surface area contributed by atoms with Crippen LogP contribution in [0.1, 0.15) is 12.8 Å². The van der Waals surface area contributed by atoms with E-state index in [4.69, 9.17) is 5.73 Å². The van der Waals surface area contributed by atoms with Crippen LogP contribution in [0.15, 0.2) is 12.7 Å². The highest BCUT2D eigenvalue weighted by Gasteiger charge is 2.32. The molecule has 0 rings (SSSR count). The summed E-state index contributed by atoms with van der Waals surface area (Å²) in [6, 6.07) is 0. The molecule has 0 aromatic rings. The summed E-state index contributed by atoms with van der Waals surface area (Å²) in [5.74, 6) is -1.04. The number of hydrogen-bond acceptors (Lipinski definition) is 5. The molecule has 0 aromatic heterocycles. The van der Waals surface area contributed by atoms with Crippen LogP contribution in [0, 0.1) is 0 Å². The van der Waals surface area contributed by atoms with Gasteiger partial charge in [0, 0.05) is 6.42 Å². The van der Waals surface area contributed by atoms with Gasteiger partial charge in [-0.3, -0.25) is 4.79 Å². The molecule has 0 bridgehead atoms. The summed E-state index contributed by atoms with van der Waals surface area (Å²) in [7, 11) is 2.50. The number of esters is 2. The molecule has 0 saturated heterocycles. The predicted octanol–water partition coefficient (Wildman–Crippen LogP) is -0.00390. The van der Waals surface area contributed by atoms with Crippen LogP contribution in [-0.2, 0) is 19.1 Å². The highest BCUT2D eigenvalue weighted by atomic mass is 16.5. The van der Waals surface area contributed by atoms with E-state index in [1.54, 1.807) is 0 Å². The second-order valence-corrected chi connectivity index (χ2v) is 2.81. The van der Waals surface area contributed by atoms with Gasteiger partial charge in [0.05, 0.1) is 14.2 Å². The van der Waals surface area contributed by atoms with E-state index in [1.807, 2.05) is 0 Å². The van der Waals surface area contributed by atoms with Crippen molar-refractivity contribution >= 4 is 11.9 Å². The zero-order chi connectivity index (χ0) is 11.2. The van der Waals surface area contributed by atoms with Gasteiger partial charge in [0.15, 0.2) is 0 Å². The van der Waals surface area contributed by atoms with Gasteiger partial charge in [-0.05, 0) is 6.42 Å². The molecule has 0 aliphatic carbocycles. The molecule has 0 radical (unpaired) electrons. The third-order valence-corrected chi connectivity index (χ3v) is 1.90. The van der Waals surface area contributed by atoms with Crippen LogP contribution in [0.2, 0.25) is 0 Å². The predicted molar refractivity (Wildman–Crippen MR) is 50.4 cm³/mol. The molecule has 0 amide bonds. The maximum Gasteiger partial charge on any atom is 0.329 e. The maximum absolute atomic E-state index is 11.2. The molecule has 80 valence electrons. The first-order chi connectivity index (χ1) is 6.50. The SMILES string of the molecule is C=C[C@](N)(CCC(=O)OC)C(=O)OC. The Hall–Kier alpha value is -1.36. The van der Waals surface area contributed by atoms with Gasteiger partial charge in [-0.25, -0.2) is 4.79 Å². The summed E-state index contributed by atoms with van der Waals surface area (Å²) in [4.78, 5) is 22.0. The van der Waals surface area contributed by atoms with E-state index in [0.717, 1.165) is 0 Å². The molecule has 0 unspecified atom stereocenters. The Morgan fingerprint density at radius 3 is 2.36 bits per heavy atom. The zero-order valence-electron chi connectivity index (χ0n) is 8.41. The van der Waals surface area contributed by atoms with Crippen molar-refractivity contribution in [1.29, 1.82) is 0 Å². The van der Waals surface area contributed by atoms with Gasteiger partial charge in [-0.1, -0.05) is 6.08 Å². The van der Waals surface area contributed by atoms with E-state index in [9.17, 15) is 9.59 Å². The maximum atomic E-state index is 11.2. The Morgan fingerprint density at radius 1 is 1.43 bits per heavy atom. The van der Waals surface area contributed by atoms with Gasteiger partial charge in [-0.15, -0.1) is 6.58 Å². The number of carbonyl (C=O) groups excluding carboxylic acids is 2. The minimum atomic E-state index is -1.32. The molecule has 0 aliphatic heterocycles. The Kier molecular flexibility index (Phi) is 4.86. The molecule has 0 spiro atoms. The van der Waals surface area contributed by atoms with Crippen molar-refractivity contribution in [3.05, 3.63) is 12.7 Å². The number of ether oxygens (including phenoxy) is 2. The molecule has 5 heteroatoms. The van der Waals surface area contributed by atoms with E-state index in [0.29, 0.717) is 0 Å². The summed E-state index contributed by atoms with van der Waals surface area (Å²) in [6.07, 6.45) is 1.44. The molecular weight excluding hydrogens is 186 g/mol. The molecule has 2 N–H and O–H groups in total. The Labute approximate surface area is 82.9 Å². The topological polar surface area (TPSA) is 78.6 Å². The first-order valence-corrected chi connectivity index (χ1v) is 4.08. The summed E-state index contributed by atoms with van der Waals surface area (Å²) >= 11 is 0. The average Bonchev–Trinajstić information content (AvgIpc) is 2.23. The Morgan fingerprint density at radius 2 is 2.00 bits per heavy atom. The molecule has 5 nitrogen and oxygen atoms in total. The van der Waals surface area contributed by atoms with Crippen LogP contribution in [-0.4, -0.2) is 31.7 Å². The smallest absolute Gasteiger partial charge is 0.329 e. The molecule has 1 atom stereocenters. The number of nitrogens with two attached hydrogens (primary N) is 1. The standard InChI is InChI=1S/C9H15NO4/c1-4-9(10,8(12)14-3)6-5-7(11)13-2/h4H,1,5-6,10H2,2-3H3/t9-/m0/s1. The van der Waals surface area contributed by atoms with E-state index < -0.39 is 17.5 Å². The van der Waals surface area contributed by atoms with Crippen LogP contribution in [0.4, 0.5) is 0 Å². The van der Waals surface area contributed by atoms with Crippen molar-refractivity contribution in [2.75, 3.05) is 14.2 Å². The molecule has 0 fully saturated rings. The van der Waals surface area contributed by atoms with E-state index >= 15 is 0 Å². The quantitative estimate of drug-likeness (QED) is 0.500. The normalized spacial score (nSPS) is 13.9. The Bertz CT molecular complexity index is 239. The molecule has 0 heterocycles. The second kappa shape index (κ2) is 5.39. The number of hydrogen-bond donors (Lipinski definition) is 1. The van der Waals surface area contributed by atoms with Gasteiger partial charge in [0.25, 0.3) is 0 Å². The van der Waals surface area contributed by atoms with Crippen molar-refractivity contribution in [2.24, 2.45) is 5.73 Å². The Balaban J connectivity index is 4.33. The summed E-state index contributed by atoms with van der Waals surface area (Å²) in [5, 5.41) is 0. The second-order valence-electron chi connectivity index (χ2n) is 2.81. The largest absolute Gasteiger partial charge is 0.469 e. The highest BCUT2D eigenvalue weighted by molar-refractivity contribution is 5.83. The summed E-state index contributed by atoms with van der Waals surface area (Å²) in [5.41, 5.74) is 4.34. The van der Waals surface area contributed by atoms with Crippen molar-refractivity contribution in [3.8, 4) is 0 Å². The minimum absolute atomic E-state index is 0.0497. The van der Waals surface area contributed by atoms with Gasteiger partial charge in [0.2, 0.25) is 0 Å². The van der Waals surface area contributed by atoms with E-state index in [2.05, 4.69) is 16.1 Å². The number of rotatable bonds is 5. The minimum Gasteiger partial charge on any atom is -0.469 e. The number of methoxy groups -OCH3 is 2. The van der Waals surface area contributed by atoms with Crippen molar-refractivity contribution in [3.63, 3.8) is 0 Å². The number of carbonyl (C=O) groups is 2. The fourth-order valence-corrected chi connectivity index (χ4v) is 0.888. The zero-order valence-corrected chi connectivity index (χ0v) is 8.41. The fourth-order valence-electron chi connectivity index (χ4n) is 0.888. The monoisotopic (exact) mass is 201 g/mol. The lowest BCUT2D eigenvalue weighted by atomic mass is 9.95. The van der Waals surface area contributed by atoms with Crippen LogP contribution < -0.4 is 5.73 Å². The van der Waals surface area contributed by atoms with Gasteiger partial charge < -0.3 is 15.2 Å². The summed E-state index contributed by atoms with van der Waals surface area (Å²) in [6.45, 7) is 3.43. The van der Waals surface area contributed by atoms with Gasteiger partial charge in [0.1, 0.15) is 5.54 Å². The molecule has 0 saturated carbocycles. The van der Waals surface area contributed by atoms with Crippen LogP contribution in [0.3, 0.4) is 0 Å². The average molecular weight is 201 g/mol. The van der Waals surface area contributed by atoms with Gasteiger partial charge >= 0.3 is 11.9 Å². The van der Waals surface area contributed by atoms with Gasteiger partial charge in [-0.2, -0.15) is 0 Å². The third-order valence-electron chi connectivity index (χ3n) is 1.90. The lowest BCUT2D eigenvalue weighted by molar-refractivity contribution is -0.146. The van der Waals surface area contributed by atoms with Crippen LogP contribution >= 0.6 is 0 Å². The van der Waals surface area contributed by atoms with Crippen LogP contribution in [0.25, 0.3) is 0 Å². The first-order valence-electron chi connectivity index (χ1n) is 4.08. The molecule has 0 aliphatic rings. The van der Waals surface area contributed by atoms with E-state index in [-0.39, 0.29) is 12.8 Å². The van der Waals surface area contributed by atoms with Crippen molar-refractivity contribution in [1.82, 2.24) is 0 Å². The third kappa shape index (κ3) is 3.18. The molecular formula is C9H15NO4. The molecule has 14 heavy (non-hydrogen) atoms. The molecule has 0 aromatic carbocycles. The van der Waals surface area contributed by atoms with E-state index in [1.165, 1.54) is 20.3 Å². The summed E-state index contributed by atoms with van der Waals surface area (Å²) < 4.78 is 8.91. The van der Waals surface area contributed by atoms with Crippen LogP contribution in [0.5, 0.6) is 0 Å². The lowest BCUT2D eigenvalue weighted by Gasteiger charge is -2.21. The lowest BCUT2D eigenvalue weighted by Crippen LogP contribution is -2.47. The first kappa shape index (κ1) is 12.6. The van der Waals surface area contributed by atoms with Crippen molar-refractivity contribution < 1.29 is 19.1 Å². The fraction of sp³-hybridized carbons (Fsp3) is 0.556.